The lowest BCUT2D eigenvalue weighted by atomic mass is 10.1. The lowest BCUT2D eigenvalue weighted by Crippen LogP contribution is -2.04. The van der Waals surface area contributed by atoms with Gasteiger partial charge in [0, 0.05) is 0 Å². The maximum Gasteiger partial charge on any atom is 0.335 e. The molecular formula is C11H13ClO3. The first-order valence-electron chi connectivity index (χ1n) is 4.59. The molecule has 82 valence electrons. The summed E-state index contributed by atoms with van der Waals surface area (Å²) in [6.07, 6.45) is 0. The van der Waals surface area contributed by atoms with E-state index in [-0.39, 0.29) is 5.56 Å². The van der Waals surface area contributed by atoms with Gasteiger partial charge >= 0.3 is 5.97 Å². The van der Waals surface area contributed by atoms with Crippen LogP contribution in [0.5, 0.6) is 5.75 Å². The fourth-order valence-electron chi connectivity index (χ4n) is 1.44. The van der Waals surface area contributed by atoms with Crippen molar-refractivity contribution in [1.29, 1.82) is 0 Å². The first-order valence-corrected chi connectivity index (χ1v) is 5.13. The van der Waals surface area contributed by atoms with Crippen molar-refractivity contribution >= 4 is 17.6 Å². The van der Waals surface area contributed by atoms with Gasteiger partial charge in [-0.15, -0.1) is 11.6 Å². The van der Waals surface area contributed by atoms with Crippen molar-refractivity contribution in [3.63, 3.8) is 0 Å². The van der Waals surface area contributed by atoms with Gasteiger partial charge < -0.3 is 9.84 Å². The van der Waals surface area contributed by atoms with E-state index in [0.717, 1.165) is 16.9 Å². The Hall–Kier alpha value is -1.22. The maximum absolute atomic E-state index is 10.8. The van der Waals surface area contributed by atoms with Gasteiger partial charge in [-0.3, -0.25) is 0 Å². The van der Waals surface area contributed by atoms with Gasteiger partial charge in [0.15, 0.2) is 0 Å². The van der Waals surface area contributed by atoms with Crippen LogP contribution < -0.4 is 4.74 Å². The second-order valence-electron chi connectivity index (χ2n) is 3.28. The van der Waals surface area contributed by atoms with E-state index in [9.17, 15) is 4.79 Å². The fraction of sp³-hybridized carbons (Fsp3) is 0.364. The van der Waals surface area contributed by atoms with Crippen LogP contribution in [0.2, 0.25) is 0 Å². The lowest BCUT2D eigenvalue weighted by molar-refractivity contribution is 0.0696. The Morgan fingerprint density at radius 2 is 1.93 bits per heavy atom. The van der Waals surface area contributed by atoms with Gasteiger partial charge in [-0.25, -0.2) is 4.79 Å². The molecule has 0 aliphatic heterocycles. The highest BCUT2D eigenvalue weighted by Gasteiger charge is 2.10. The van der Waals surface area contributed by atoms with Crippen molar-refractivity contribution in [2.24, 2.45) is 0 Å². The molecule has 0 atom stereocenters. The van der Waals surface area contributed by atoms with E-state index in [1.54, 1.807) is 12.1 Å². The summed E-state index contributed by atoms with van der Waals surface area (Å²) in [5.74, 6) is 0.213. The molecule has 0 saturated carbocycles. The van der Waals surface area contributed by atoms with Crippen molar-refractivity contribution in [2.45, 2.75) is 13.8 Å². The molecule has 0 heterocycles. The van der Waals surface area contributed by atoms with Gasteiger partial charge in [-0.2, -0.15) is 0 Å². The number of benzene rings is 1. The molecule has 0 radical (unpaired) electrons. The molecule has 0 bridgehead atoms. The predicted octanol–water partition coefficient (Wildman–Crippen LogP) is 2.62. The molecule has 0 amide bonds. The summed E-state index contributed by atoms with van der Waals surface area (Å²) in [5.41, 5.74) is 1.92. The number of aryl methyl sites for hydroxylation is 2. The molecule has 3 nitrogen and oxygen atoms in total. The monoisotopic (exact) mass is 228 g/mol. The lowest BCUT2D eigenvalue weighted by Gasteiger charge is -2.11. The Morgan fingerprint density at radius 3 is 2.33 bits per heavy atom. The van der Waals surface area contributed by atoms with Gasteiger partial charge in [0.05, 0.1) is 11.4 Å². The molecule has 1 rings (SSSR count). The van der Waals surface area contributed by atoms with Crippen LogP contribution >= 0.6 is 11.6 Å². The molecule has 0 spiro atoms. The second-order valence-corrected chi connectivity index (χ2v) is 3.66. The molecule has 0 aromatic heterocycles. The highest BCUT2D eigenvalue weighted by Crippen LogP contribution is 2.24. The number of carbonyl (C=O) groups is 1. The maximum atomic E-state index is 10.8. The van der Waals surface area contributed by atoms with Crippen LogP contribution in [0.1, 0.15) is 21.5 Å². The van der Waals surface area contributed by atoms with Crippen molar-refractivity contribution in [3.05, 3.63) is 28.8 Å². The highest BCUT2D eigenvalue weighted by molar-refractivity contribution is 6.18. The predicted molar refractivity (Wildman–Crippen MR) is 59.1 cm³/mol. The number of carboxylic acid groups (broad SMARTS) is 1. The van der Waals surface area contributed by atoms with Crippen molar-refractivity contribution < 1.29 is 14.6 Å². The van der Waals surface area contributed by atoms with Crippen LogP contribution in [-0.2, 0) is 0 Å². The summed E-state index contributed by atoms with van der Waals surface area (Å²) in [5, 5.41) is 8.84. The summed E-state index contributed by atoms with van der Waals surface area (Å²) >= 11 is 5.52. The quantitative estimate of drug-likeness (QED) is 0.806. The summed E-state index contributed by atoms with van der Waals surface area (Å²) in [7, 11) is 0. The van der Waals surface area contributed by atoms with Gasteiger partial charge in [-0.05, 0) is 37.1 Å². The second kappa shape index (κ2) is 5.03. The third-order valence-corrected chi connectivity index (χ3v) is 2.19. The molecule has 4 heteroatoms. The molecule has 0 saturated heterocycles. The SMILES string of the molecule is Cc1cc(C(=O)O)cc(C)c1OCCCl. The van der Waals surface area contributed by atoms with E-state index in [1.165, 1.54) is 0 Å². The van der Waals surface area contributed by atoms with E-state index >= 15 is 0 Å². The van der Waals surface area contributed by atoms with Gasteiger partial charge in [0.2, 0.25) is 0 Å². The van der Waals surface area contributed by atoms with Gasteiger partial charge in [-0.1, -0.05) is 0 Å². The average molecular weight is 229 g/mol. The van der Waals surface area contributed by atoms with E-state index in [2.05, 4.69) is 0 Å². The average Bonchev–Trinajstić information content (AvgIpc) is 2.16. The minimum Gasteiger partial charge on any atom is -0.492 e. The Morgan fingerprint density at radius 1 is 1.40 bits per heavy atom. The minimum atomic E-state index is -0.926. The molecule has 15 heavy (non-hydrogen) atoms. The number of halogens is 1. The first-order chi connectivity index (χ1) is 7.06. The Balaban J connectivity index is 3.04. The van der Waals surface area contributed by atoms with Crippen LogP contribution in [-0.4, -0.2) is 23.6 Å². The molecule has 0 fully saturated rings. The number of alkyl halides is 1. The molecule has 1 N–H and O–H groups in total. The van der Waals surface area contributed by atoms with Crippen LogP contribution in [0.25, 0.3) is 0 Å². The Kier molecular flexibility index (Phi) is 3.97. The molecule has 0 aliphatic rings. The van der Waals surface area contributed by atoms with E-state index in [4.69, 9.17) is 21.4 Å². The molecule has 0 unspecified atom stereocenters. The smallest absolute Gasteiger partial charge is 0.335 e. The van der Waals surface area contributed by atoms with Crippen LogP contribution in [0.15, 0.2) is 12.1 Å². The zero-order valence-electron chi connectivity index (χ0n) is 8.71. The normalized spacial score (nSPS) is 10.1. The van der Waals surface area contributed by atoms with Crippen molar-refractivity contribution in [3.8, 4) is 5.75 Å². The first kappa shape index (κ1) is 11.9. The number of ether oxygens (including phenoxy) is 1. The summed E-state index contributed by atoms with van der Waals surface area (Å²) in [6.45, 7) is 4.07. The van der Waals surface area contributed by atoms with E-state index in [0.29, 0.717) is 12.5 Å². The fourth-order valence-corrected chi connectivity index (χ4v) is 1.52. The highest BCUT2D eigenvalue weighted by atomic mass is 35.5. The zero-order valence-corrected chi connectivity index (χ0v) is 9.47. The molecule has 0 aliphatic carbocycles. The van der Waals surface area contributed by atoms with Crippen LogP contribution in [0, 0.1) is 13.8 Å². The third-order valence-electron chi connectivity index (χ3n) is 2.03. The summed E-state index contributed by atoms with van der Waals surface area (Å²) in [4.78, 5) is 10.8. The molecule has 1 aromatic carbocycles. The number of hydrogen-bond acceptors (Lipinski definition) is 2. The molecular weight excluding hydrogens is 216 g/mol. The number of hydrogen-bond donors (Lipinski definition) is 1. The number of carboxylic acids is 1. The molecule has 1 aromatic rings. The van der Waals surface area contributed by atoms with Gasteiger partial charge in [0.1, 0.15) is 12.4 Å². The van der Waals surface area contributed by atoms with Crippen LogP contribution in [0.3, 0.4) is 0 Å². The standard InChI is InChI=1S/C11H13ClO3/c1-7-5-9(11(13)14)6-8(2)10(7)15-4-3-12/h5-6H,3-4H2,1-2H3,(H,13,14). The minimum absolute atomic E-state index is 0.281. The largest absolute Gasteiger partial charge is 0.492 e. The van der Waals surface area contributed by atoms with Crippen LogP contribution in [0.4, 0.5) is 0 Å². The summed E-state index contributed by atoms with van der Waals surface area (Å²) in [6, 6.07) is 3.19. The van der Waals surface area contributed by atoms with E-state index in [1.807, 2.05) is 13.8 Å². The zero-order chi connectivity index (χ0) is 11.4. The number of rotatable bonds is 4. The van der Waals surface area contributed by atoms with Crippen molar-refractivity contribution in [2.75, 3.05) is 12.5 Å². The van der Waals surface area contributed by atoms with Crippen molar-refractivity contribution in [1.82, 2.24) is 0 Å². The third kappa shape index (κ3) is 2.86. The number of aromatic carboxylic acids is 1. The Labute approximate surface area is 93.6 Å². The topological polar surface area (TPSA) is 46.5 Å². The van der Waals surface area contributed by atoms with E-state index < -0.39 is 5.97 Å². The summed E-state index contributed by atoms with van der Waals surface area (Å²) < 4.78 is 5.43. The van der Waals surface area contributed by atoms with Gasteiger partial charge in [0.25, 0.3) is 0 Å². The Bertz CT molecular complexity index is 351.